The van der Waals surface area contributed by atoms with Crippen LogP contribution in [-0.2, 0) is 9.59 Å². The SMILES string of the molecule is O=C1C(=O)N(C2CCCC2)C(c2ccccn2)/C1=C(/O)c1ccc([N+](=O)[O-])cc1. The summed E-state index contributed by atoms with van der Waals surface area (Å²) in [4.78, 5) is 42.0. The maximum atomic E-state index is 12.9. The van der Waals surface area contributed by atoms with Gasteiger partial charge >= 0.3 is 0 Å². The fraction of sp³-hybridized carbons (Fsp3) is 0.286. The summed E-state index contributed by atoms with van der Waals surface area (Å²) < 4.78 is 0. The van der Waals surface area contributed by atoms with Crippen molar-refractivity contribution in [3.05, 3.63) is 75.6 Å². The number of likely N-dealkylation sites (tertiary alicyclic amines) is 1. The molecule has 2 aliphatic rings. The summed E-state index contributed by atoms with van der Waals surface area (Å²) >= 11 is 0. The molecule has 1 atom stereocenters. The third-order valence-electron chi connectivity index (χ3n) is 5.52. The molecule has 1 aromatic heterocycles. The van der Waals surface area contributed by atoms with Crippen LogP contribution in [0.15, 0.2) is 54.2 Å². The molecule has 1 saturated carbocycles. The summed E-state index contributed by atoms with van der Waals surface area (Å²) in [7, 11) is 0. The highest BCUT2D eigenvalue weighted by molar-refractivity contribution is 6.46. The molecule has 2 fully saturated rings. The molecule has 8 heteroatoms. The number of carbonyl (C=O) groups excluding carboxylic acids is 2. The average molecular weight is 393 g/mol. The molecule has 0 radical (unpaired) electrons. The van der Waals surface area contributed by atoms with Crippen LogP contribution in [-0.4, -0.2) is 37.6 Å². The second kappa shape index (κ2) is 7.46. The predicted octanol–water partition coefficient (Wildman–Crippen LogP) is 3.35. The molecule has 2 heterocycles. The third kappa shape index (κ3) is 3.26. The van der Waals surface area contributed by atoms with E-state index in [9.17, 15) is 24.8 Å². The number of pyridine rings is 1. The van der Waals surface area contributed by atoms with Gasteiger partial charge in [-0.2, -0.15) is 0 Å². The second-order valence-corrected chi connectivity index (χ2v) is 7.20. The lowest BCUT2D eigenvalue weighted by Crippen LogP contribution is -2.37. The van der Waals surface area contributed by atoms with Crippen LogP contribution in [0, 0.1) is 10.1 Å². The van der Waals surface area contributed by atoms with Crippen LogP contribution in [0.25, 0.3) is 5.76 Å². The number of aliphatic hydroxyl groups excluding tert-OH is 1. The van der Waals surface area contributed by atoms with Gasteiger partial charge in [-0.15, -0.1) is 0 Å². The fourth-order valence-electron chi connectivity index (χ4n) is 4.13. The van der Waals surface area contributed by atoms with E-state index in [1.54, 1.807) is 29.3 Å². The van der Waals surface area contributed by atoms with Crippen LogP contribution in [0.2, 0.25) is 0 Å². The van der Waals surface area contributed by atoms with E-state index in [1.165, 1.54) is 24.3 Å². The largest absolute Gasteiger partial charge is 0.507 e. The van der Waals surface area contributed by atoms with Gasteiger partial charge in [-0.25, -0.2) is 0 Å². The van der Waals surface area contributed by atoms with Crippen LogP contribution >= 0.6 is 0 Å². The van der Waals surface area contributed by atoms with Crippen LogP contribution in [0.5, 0.6) is 0 Å². The number of benzene rings is 1. The van der Waals surface area contributed by atoms with E-state index in [1.807, 2.05) is 0 Å². The molecule has 1 saturated heterocycles. The molecule has 1 unspecified atom stereocenters. The summed E-state index contributed by atoms with van der Waals surface area (Å²) in [6.45, 7) is 0. The number of nitro benzene ring substituents is 1. The average Bonchev–Trinajstić information content (AvgIpc) is 3.35. The van der Waals surface area contributed by atoms with Gasteiger partial charge < -0.3 is 10.0 Å². The number of rotatable bonds is 4. The Morgan fingerprint density at radius 2 is 1.79 bits per heavy atom. The quantitative estimate of drug-likeness (QED) is 0.280. The Kier molecular flexibility index (Phi) is 4.84. The topological polar surface area (TPSA) is 114 Å². The Morgan fingerprint density at radius 3 is 2.38 bits per heavy atom. The summed E-state index contributed by atoms with van der Waals surface area (Å²) in [5.41, 5.74) is 0.576. The van der Waals surface area contributed by atoms with Crippen molar-refractivity contribution < 1.29 is 19.6 Å². The van der Waals surface area contributed by atoms with Gasteiger partial charge in [-0.3, -0.25) is 24.7 Å². The zero-order valence-electron chi connectivity index (χ0n) is 15.5. The van der Waals surface area contributed by atoms with Crippen molar-refractivity contribution in [1.82, 2.24) is 9.88 Å². The summed E-state index contributed by atoms with van der Waals surface area (Å²) in [5, 5.41) is 21.8. The van der Waals surface area contributed by atoms with Crippen LogP contribution in [0.3, 0.4) is 0 Å². The number of non-ortho nitro benzene ring substituents is 1. The lowest BCUT2D eigenvalue weighted by molar-refractivity contribution is -0.384. The van der Waals surface area contributed by atoms with Gasteiger partial charge in [0, 0.05) is 29.9 Å². The first kappa shape index (κ1) is 18.8. The third-order valence-corrected chi connectivity index (χ3v) is 5.52. The molecule has 1 aromatic carbocycles. The van der Waals surface area contributed by atoms with Crippen LogP contribution < -0.4 is 0 Å². The Balaban J connectivity index is 1.84. The summed E-state index contributed by atoms with van der Waals surface area (Å²) in [6.07, 6.45) is 5.13. The first-order valence-corrected chi connectivity index (χ1v) is 9.45. The molecule has 29 heavy (non-hydrogen) atoms. The molecule has 1 aliphatic carbocycles. The number of hydrogen-bond acceptors (Lipinski definition) is 6. The maximum Gasteiger partial charge on any atom is 0.295 e. The number of nitro groups is 1. The number of Topliss-reactive ketones (excluding diaryl/α,β-unsaturated/α-hetero) is 1. The van der Waals surface area contributed by atoms with Crippen LogP contribution in [0.1, 0.15) is 43.0 Å². The van der Waals surface area contributed by atoms with E-state index >= 15 is 0 Å². The normalized spacial score (nSPS) is 21.7. The molecule has 1 aliphatic heterocycles. The molecular formula is C21H19N3O5. The van der Waals surface area contributed by atoms with Gasteiger partial charge in [0.2, 0.25) is 0 Å². The molecule has 1 amide bonds. The number of amides is 1. The van der Waals surface area contributed by atoms with Crippen molar-refractivity contribution in [2.24, 2.45) is 0 Å². The highest BCUT2D eigenvalue weighted by Crippen LogP contribution is 2.42. The smallest absolute Gasteiger partial charge is 0.295 e. The van der Waals surface area contributed by atoms with Gasteiger partial charge in [0.1, 0.15) is 11.8 Å². The summed E-state index contributed by atoms with van der Waals surface area (Å²) in [6, 6.07) is 9.59. The molecule has 0 bridgehead atoms. The number of ketones is 1. The Hall–Kier alpha value is -3.55. The molecule has 148 valence electrons. The van der Waals surface area contributed by atoms with Crippen molar-refractivity contribution >= 4 is 23.1 Å². The minimum absolute atomic E-state index is 0.0329. The minimum atomic E-state index is -0.783. The van der Waals surface area contributed by atoms with Crippen molar-refractivity contribution in [2.75, 3.05) is 0 Å². The van der Waals surface area contributed by atoms with Crippen molar-refractivity contribution in [3.63, 3.8) is 0 Å². The Bertz CT molecular complexity index is 995. The molecule has 8 nitrogen and oxygen atoms in total. The lowest BCUT2D eigenvalue weighted by atomic mass is 9.97. The molecule has 1 N–H and O–H groups in total. The maximum absolute atomic E-state index is 12.9. The number of carbonyl (C=O) groups is 2. The predicted molar refractivity (Wildman–Crippen MR) is 104 cm³/mol. The molecule has 4 rings (SSSR count). The molecular weight excluding hydrogens is 374 g/mol. The highest BCUT2D eigenvalue weighted by atomic mass is 16.6. The molecule has 2 aromatic rings. The summed E-state index contributed by atoms with van der Waals surface area (Å²) in [5.74, 6) is -1.76. The fourth-order valence-corrected chi connectivity index (χ4v) is 4.13. The van der Waals surface area contributed by atoms with Gasteiger partial charge in [0.15, 0.2) is 0 Å². The zero-order valence-corrected chi connectivity index (χ0v) is 15.5. The van der Waals surface area contributed by atoms with E-state index in [0.29, 0.717) is 5.69 Å². The number of aliphatic hydroxyl groups is 1. The van der Waals surface area contributed by atoms with Crippen molar-refractivity contribution in [3.8, 4) is 0 Å². The standard InChI is InChI=1S/C21H19N3O5/c25-19(13-8-10-15(11-9-13)24(28)29)17-18(16-7-3-4-12-22-16)23(21(27)20(17)26)14-5-1-2-6-14/h3-4,7-12,14,18,25H,1-2,5-6H2/b19-17-. The van der Waals surface area contributed by atoms with Gasteiger partial charge in [0.05, 0.1) is 16.2 Å². The zero-order chi connectivity index (χ0) is 20.5. The monoisotopic (exact) mass is 393 g/mol. The molecule has 0 spiro atoms. The van der Waals surface area contributed by atoms with Gasteiger partial charge in [-0.05, 0) is 37.1 Å². The van der Waals surface area contributed by atoms with E-state index in [2.05, 4.69) is 4.98 Å². The number of hydrogen-bond donors (Lipinski definition) is 1. The first-order chi connectivity index (χ1) is 14.0. The number of aromatic nitrogens is 1. The van der Waals surface area contributed by atoms with E-state index in [0.717, 1.165) is 25.7 Å². The lowest BCUT2D eigenvalue weighted by Gasteiger charge is -2.30. The first-order valence-electron chi connectivity index (χ1n) is 9.45. The second-order valence-electron chi connectivity index (χ2n) is 7.20. The van der Waals surface area contributed by atoms with E-state index in [-0.39, 0.29) is 28.6 Å². The van der Waals surface area contributed by atoms with Crippen LogP contribution in [0.4, 0.5) is 5.69 Å². The van der Waals surface area contributed by atoms with Gasteiger partial charge in [0.25, 0.3) is 17.4 Å². The Labute approximate surface area is 166 Å². The van der Waals surface area contributed by atoms with Gasteiger partial charge in [-0.1, -0.05) is 18.9 Å². The minimum Gasteiger partial charge on any atom is -0.507 e. The Morgan fingerprint density at radius 1 is 1.10 bits per heavy atom. The van der Waals surface area contributed by atoms with E-state index in [4.69, 9.17) is 0 Å². The van der Waals surface area contributed by atoms with E-state index < -0.39 is 22.7 Å². The van der Waals surface area contributed by atoms with Crippen molar-refractivity contribution in [1.29, 1.82) is 0 Å². The number of nitrogens with zero attached hydrogens (tertiary/aromatic N) is 3. The van der Waals surface area contributed by atoms with Crippen molar-refractivity contribution in [2.45, 2.75) is 37.8 Å². The highest BCUT2D eigenvalue weighted by Gasteiger charge is 2.49.